The second-order valence-electron chi connectivity index (χ2n) is 4.42. The standard InChI is InChI=1S/C11H17BrN2O2S/c1-8(2)4-5-17(15,16)14-11-6-9(3)10(12)7-13-11/h6-8H,4-5H2,1-3H3,(H,13,14). The number of aryl methyl sites for hydroxylation is 1. The number of nitrogens with one attached hydrogen (secondary N) is 1. The molecule has 0 saturated heterocycles. The van der Waals surface area contributed by atoms with Gasteiger partial charge in [-0.2, -0.15) is 0 Å². The van der Waals surface area contributed by atoms with Gasteiger partial charge in [0.25, 0.3) is 0 Å². The minimum absolute atomic E-state index is 0.126. The third kappa shape index (κ3) is 5.04. The normalized spacial score (nSPS) is 11.8. The molecule has 0 atom stereocenters. The van der Waals surface area contributed by atoms with Gasteiger partial charge in [-0.3, -0.25) is 4.72 Å². The molecule has 0 fully saturated rings. The van der Waals surface area contributed by atoms with Gasteiger partial charge in [-0.05, 0) is 46.8 Å². The van der Waals surface area contributed by atoms with Crippen molar-refractivity contribution in [2.24, 2.45) is 5.92 Å². The summed E-state index contributed by atoms with van der Waals surface area (Å²) in [5.74, 6) is 0.863. The van der Waals surface area contributed by atoms with Gasteiger partial charge in [0.05, 0.1) is 5.75 Å². The molecule has 0 bridgehead atoms. The van der Waals surface area contributed by atoms with Gasteiger partial charge in [-0.25, -0.2) is 13.4 Å². The van der Waals surface area contributed by atoms with E-state index in [4.69, 9.17) is 0 Å². The van der Waals surface area contributed by atoms with Gasteiger partial charge in [0.15, 0.2) is 0 Å². The minimum Gasteiger partial charge on any atom is -0.267 e. The zero-order valence-corrected chi connectivity index (χ0v) is 12.6. The number of anilines is 1. The van der Waals surface area contributed by atoms with E-state index in [-0.39, 0.29) is 5.75 Å². The lowest BCUT2D eigenvalue weighted by Gasteiger charge is -2.09. The molecule has 1 heterocycles. The van der Waals surface area contributed by atoms with Crippen molar-refractivity contribution in [1.82, 2.24) is 4.98 Å². The Balaban J connectivity index is 2.73. The summed E-state index contributed by atoms with van der Waals surface area (Å²) in [5.41, 5.74) is 0.946. The van der Waals surface area contributed by atoms with Gasteiger partial charge >= 0.3 is 0 Å². The van der Waals surface area contributed by atoms with Crippen LogP contribution in [0.1, 0.15) is 25.8 Å². The monoisotopic (exact) mass is 320 g/mol. The Hall–Kier alpha value is -0.620. The molecule has 96 valence electrons. The number of rotatable bonds is 5. The van der Waals surface area contributed by atoms with Crippen LogP contribution in [0.15, 0.2) is 16.7 Å². The largest absolute Gasteiger partial charge is 0.267 e. The zero-order chi connectivity index (χ0) is 13.1. The molecule has 1 rings (SSSR count). The van der Waals surface area contributed by atoms with Crippen LogP contribution in [0.5, 0.6) is 0 Å². The van der Waals surface area contributed by atoms with Crippen molar-refractivity contribution in [2.75, 3.05) is 10.5 Å². The highest BCUT2D eigenvalue weighted by Gasteiger charge is 2.12. The summed E-state index contributed by atoms with van der Waals surface area (Å²) in [6.45, 7) is 5.88. The van der Waals surface area contributed by atoms with Crippen LogP contribution >= 0.6 is 15.9 Å². The molecule has 1 aromatic rings. The summed E-state index contributed by atoms with van der Waals surface area (Å²) < 4.78 is 26.8. The maximum atomic E-state index is 11.7. The predicted molar refractivity (Wildman–Crippen MR) is 73.5 cm³/mol. The van der Waals surface area contributed by atoms with Crippen molar-refractivity contribution in [3.63, 3.8) is 0 Å². The summed E-state index contributed by atoms with van der Waals surface area (Å²) in [7, 11) is -3.29. The van der Waals surface area contributed by atoms with E-state index >= 15 is 0 Å². The van der Waals surface area contributed by atoms with Gasteiger partial charge in [-0.1, -0.05) is 13.8 Å². The SMILES string of the molecule is Cc1cc(NS(=O)(=O)CCC(C)C)ncc1Br. The fourth-order valence-electron chi connectivity index (χ4n) is 1.20. The van der Waals surface area contributed by atoms with E-state index in [0.29, 0.717) is 18.2 Å². The van der Waals surface area contributed by atoms with Crippen molar-refractivity contribution < 1.29 is 8.42 Å². The van der Waals surface area contributed by atoms with Gasteiger partial charge in [0, 0.05) is 10.7 Å². The predicted octanol–water partition coefficient (Wildman–Crippen LogP) is 2.94. The maximum Gasteiger partial charge on any atom is 0.233 e. The Labute approximate surface area is 111 Å². The van der Waals surface area contributed by atoms with Crippen LogP contribution in [-0.2, 0) is 10.0 Å². The summed E-state index contributed by atoms with van der Waals surface area (Å²) in [6.07, 6.45) is 2.24. The molecule has 0 aliphatic carbocycles. The van der Waals surface area contributed by atoms with Gasteiger partial charge in [-0.15, -0.1) is 0 Å². The van der Waals surface area contributed by atoms with Gasteiger partial charge in [0.2, 0.25) is 10.0 Å². The van der Waals surface area contributed by atoms with E-state index in [0.717, 1.165) is 10.0 Å². The molecule has 0 radical (unpaired) electrons. The fraction of sp³-hybridized carbons (Fsp3) is 0.545. The quantitative estimate of drug-likeness (QED) is 0.907. The first-order chi connectivity index (χ1) is 7.80. The molecule has 0 unspecified atom stereocenters. The van der Waals surface area contributed by atoms with Crippen molar-refractivity contribution in [2.45, 2.75) is 27.2 Å². The highest BCUT2D eigenvalue weighted by molar-refractivity contribution is 9.10. The van der Waals surface area contributed by atoms with Crippen LogP contribution in [-0.4, -0.2) is 19.2 Å². The highest BCUT2D eigenvalue weighted by atomic mass is 79.9. The number of aromatic nitrogens is 1. The number of sulfonamides is 1. The Morgan fingerprint density at radius 3 is 2.65 bits per heavy atom. The number of hydrogen-bond acceptors (Lipinski definition) is 3. The first-order valence-electron chi connectivity index (χ1n) is 5.43. The molecular weight excluding hydrogens is 304 g/mol. The van der Waals surface area contributed by atoms with Crippen LogP contribution in [0.3, 0.4) is 0 Å². The molecule has 17 heavy (non-hydrogen) atoms. The summed E-state index contributed by atoms with van der Waals surface area (Å²) >= 11 is 3.32. The molecule has 6 heteroatoms. The molecule has 0 aliphatic rings. The molecular formula is C11H17BrN2O2S. The van der Waals surface area contributed by atoms with Crippen molar-refractivity contribution in [3.05, 3.63) is 22.3 Å². The first kappa shape index (κ1) is 14.4. The first-order valence-corrected chi connectivity index (χ1v) is 7.87. The van der Waals surface area contributed by atoms with Crippen LogP contribution in [0.2, 0.25) is 0 Å². The summed E-state index contributed by atoms with van der Waals surface area (Å²) in [4.78, 5) is 4.01. The summed E-state index contributed by atoms with van der Waals surface area (Å²) in [5, 5.41) is 0. The number of halogens is 1. The van der Waals surface area contributed by atoms with Gasteiger partial charge in [0.1, 0.15) is 5.82 Å². The Bertz CT molecular complexity index is 486. The minimum atomic E-state index is -3.29. The van der Waals surface area contributed by atoms with Crippen LogP contribution in [0.4, 0.5) is 5.82 Å². The average Bonchev–Trinajstić information content (AvgIpc) is 2.21. The molecule has 0 amide bonds. The third-order valence-corrected chi connectivity index (χ3v) is 4.39. The van der Waals surface area contributed by atoms with E-state index in [1.165, 1.54) is 0 Å². The topological polar surface area (TPSA) is 59.1 Å². The third-order valence-electron chi connectivity index (χ3n) is 2.27. The average molecular weight is 321 g/mol. The number of nitrogens with zero attached hydrogens (tertiary/aromatic N) is 1. The number of hydrogen-bond donors (Lipinski definition) is 1. The second kappa shape index (κ2) is 5.82. The molecule has 0 aromatic carbocycles. The van der Waals surface area contributed by atoms with Crippen molar-refractivity contribution >= 4 is 31.8 Å². The molecule has 0 aliphatic heterocycles. The lowest BCUT2D eigenvalue weighted by molar-refractivity contribution is 0.578. The van der Waals surface area contributed by atoms with Crippen LogP contribution in [0, 0.1) is 12.8 Å². The van der Waals surface area contributed by atoms with E-state index in [2.05, 4.69) is 25.6 Å². The van der Waals surface area contributed by atoms with Crippen molar-refractivity contribution in [1.29, 1.82) is 0 Å². The van der Waals surface area contributed by atoms with Gasteiger partial charge < -0.3 is 0 Å². The smallest absolute Gasteiger partial charge is 0.233 e. The van der Waals surface area contributed by atoms with E-state index in [1.54, 1.807) is 12.3 Å². The van der Waals surface area contributed by atoms with Crippen LogP contribution < -0.4 is 4.72 Å². The van der Waals surface area contributed by atoms with E-state index in [9.17, 15) is 8.42 Å². The van der Waals surface area contributed by atoms with Crippen molar-refractivity contribution in [3.8, 4) is 0 Å². The molecule has 4 nitrogen and oxygen atoms in total. The molecule has 1 aromatic heterocycles. The Kier molecular flexibility index (Phi) is 4.94. The molecule has 0 spiro atoms. The van der Waals surface area contributed by atoms with Crippen LogP contribution in [0.25, 0.3) is 0 Å². The highest BCUT2D eigenvalue weighted by Crippen LogP contribution is 2.18. The lowest BCUT2D eigenvalue weighted by atomic mass is 10.2. The molecule has 1 N–H and O–H groups in total. The Morgan fingerprint density at radius 1 is 1.47 bits per heavy atom. The lowest BCUT2D eigenvalue weighted by Crippen LogP contribution is -2.18. The van der Waals surface area contributed by atoms with E-state index in [1.807, 2.05) is 20.8 Å². The summed E-state index contributed by atoms with van der Waals surface area (Å²) in [6, 6.07) is 1.71. The number of pyridine rings is 1. The van der Waals surface area contributed by atoms with E-state index < -0.39 is 10.0 Å². The Morgan fingerprint density at radius 2 is 2.12 bits per heavy atom. The second-order valence-corrected chi connectivity index (χ2v) is 7.12. The maximum absolute atomic E-state index is 11.7. The zero-order valence-electron chi connectivity index (χ0n) is 10.2. The molecule has 0 saturated carbocycles. The fourth-order valence-corrected chi connectivity index (χ4v) is 2.73.